The number of rotatable bonds is 21. The first-order chi connectivity index (χ1) is 16.0. The maximum atomic E-state index is 12.0. The minimum absolute atomic E-state index is 0.00991. The molecule has 9 heteroatoms. The highest BCUT2D eigenvalue weighted by molar-refractivity contribution is 7.45. The summed E-state index contributed by atoms with van der Waals surface area (Å²) in [5.74, 6) is -0.388. The first-order valence-electron chi connectivity index (χ1n) is 12.6. The summed E-state index contributed by atoms with van der Waals surface area (Å²) in [6.07, 6.45) is 18.5. The lowest BCUT2D eigenvalue weighted by Gasteiger charge is -2.29. The third-order valence-corrected chi connectivity index (χ3v) is 6.16. The number of carbonyl (C=O) groups is 1. The van der Waals surface area contributed by atoms with Gasteiger partial charge in [-0.2, -0.15) is 0 Å². The number of aliphatic hydroxyl groups is 1. The number of phosphoric acid groups is 1. The second kappa shape index (κ2) is 19.2. The molecule has 0 saturated carbocycles. The molecule has 0 fully saturated rings. The Morgan fingerprint density at radius 3 is 2.21 bits per heavy atom. The van der Waals surface area contributed by atoms with Crippen molar-refractivity contribution in [3.05, 3.63) is 24.3 Å². The molecule has 0 aromatic heterocycles. The van der Waals surface area contributed by atoms with Crippen LogP contribution in [0.4, 0.5) is 0 Å². The van der Waals surface area contributed by atoms with E-state index in [-0.39, 0.29) is 12.5 Å². The van der Waals surface area contributed by atoms with Crippen LogP contribution in [0.3, 0.4) is 0 Å². The fourth-order valence-electron chi connectivity index (χ4n) is 3.14. The lowest BCUT2D eigenvalue weighted by molar-refractivity contribution is -0.870. The molecule has 3 atom stereocenters. The van der Waals surface area contributed by atoms with Crippen molar-refractivity contribution in [2.75, 3.05) is 40.9 Å². The molecule has 1 amide bonds. The lowest BCUT2D eigenvalue weighted by Crippen LogP contribution is -2.45. The molecule has 3 unspecified atom stereocenters. The molecule has 0 saturated heterocycles. The van der Waals surface area contributed by atoms with E-state index in [0.29, 0.717) is 11.0 Å². The molecular formula is C25H49N2O6P. The van der Waals surface area contributed by atoms with Crippen molar-refractivity contribution < 1.29 is 32.9 Å². The average molecular weight is 505 g/mol. The molecule has 0 spiro atoms. The zero-order chi connectivity index (χ0) is 25.9. The molecule has 0 bridgehead atoms. The van der Waals surface area contributed by atoms with Crippen molar-refractivity contribution in [2.24, 2.45) is 0 Å². The second-order valence-corrected chi connectivity index (χ2v) is 11.2. The number of carbonyl (C=O) groups excluding carboxylic acids is 1. The fraction of sp³-hybridized carbons (Fsp3) is 0.800. The minimum atomic E-state index is -4.53. The van der Waals surface area contributed by atoms with E-state index in [2.05, 4.69) is 24.4 Å². The van der Waals surface area contributed by atoms with Gasteiger partial charge in [-0.05, 0) is 25.7 Å². The molecule has 0 aliphatic rings. The molecular weight excluding hydrogens is 455 g/mol. The van der Waals surface area contributed by atoms with E-state index in [1.807, 2.05) is 27.2 Å². The maximum absolute atomic E-state index is 12.0. The first-order valence-corrected chi connectivity index (χ1v) is 14.1. The Morgan fingerprint density at radius 2 is 1.59 bits per heavy atom. The third-order valence-electron chi connectivity index (χ3n) is 5.20. The minimum Gasteiger partial charge on any atom is -0.756 e. The fourth-order valence-corrected chi connectivity index (χ4v) is 3.86. The zero-order valence-electron chi connectivity index (χ0n) is 22.0. The topological polar surface area (TPSA) is 108 Å². The van der Waals surface area contributed by atoms with Crippen molar-refractivity contribution >= 4 is 13.7 Å². The van der Waals surface area contributed by atoms with E-state index in [1.54, 1.807) is 6.08 Å². The van der Waals surface area contributed by atoms with Crippen LogP contribution < -0.4 is 10.2 Å². The number of nitrogens with one attached hydrogen (secondary N) is 1. The van der Waals surface area contributed by atoms with Gasteiger partial charge in [0.05, 0.1) is 39.9 Å². The van der Waals surface area contributed by atoms with Crippen LogP contribution in [0.1, 0.15) is 78.1 Å². The monoisotopic (exact) mass is 504 g/mol. The summed E-state index contributed by atoms with van der Waals surface area (Å²) in [7, 11) is 1.22. The van der Waals surface area contributed by atoms with Gasteiger partial charge in [0.15, 0.2) is 0 Å². The van der Waals surface area contributed by atoms with Gasteiger partial charge >= 0.3 is 0 Å². The van der Waals surface area contributed by atoms with Crippen LogP contribution >= 0.6 is 7.82 Å². The largest absolute Gasteiger partial charge is 0.756 e. The molecule has 8 nitrogen and oxygen atoms in total. The molecule has 200 valence electrons. The molecule has 0 radical (unpaired) electrons. The predicted molar refractivity (Wildman–Crippen MR) is 136 cm³/mol. The smallest absolute Gasteiger partial charge is 0.268 e. The predicted octanol–water partition coefficient (Wildman–Crippen LogP) is 4.09. The van der Waals surface area contributed by atoms with Crippen molar-refractivity contribution in [3.63, 3.8) is 0 Å². The summed E-state index contributed by atoms with van der Waals surface area (Å²) in [5.41, 5.74) is 0. The van der Waals surface area contributed by atoms with E-state index < -0.39 is 26.6 Å². The zero-order valence-corrected chi connectivity index (χ0v) is 22.9. The number of quaternary nitrogens is 1. The highest BCUT2D eigenvalue weighted by Gasteiger charge is 2.22. The van der Waals surface area contributed by atoms with Crippen molar-refractivity contribution in [3.8, 4) is 0 Å². The standard InChI is InChI=1S/C25H49N2O6P/c1-6-7-8-9-10-11-12-13-14-15-16-17-18-19-25(29)24(26-23(2)28)22-33-34(30,31)32-21-20-27(3,4)5/h14-15,18-19,24-25,29H,6-13,16-17,20-22H2,1-5H3,(H-,26,28,30,31)/b15-14+,19-18+. The van der Waals surface area contributed by atoms with E-state index in [4.69, 9.17) is 9.05 Å². The normalized spacial score (nSPS) is 16.1. The van der Waals surface area contributed by atoms with Crippen molar-refractivity contribution in [2.45, 2.75) is 90.2 Å². The van der Waals surface area contributed by atoms with Crippen LogP contribution in [-0.4, -0.2) is 68.5 Å². The van der Waals surface area contributed by atoms with E-state index in [1.165, 1.54) is 51.9 Å². The third kappa shape index (κ3) is 21.5. The number of nitrogens with zero attached hydrogens (tertiary/aromatic N) is 1. The summed E-state index contributed by atoms with van der Waals surface area (Å²) >= 11 is 0. The molecule has 0 aliphatic carbocycles. The van der Waals surface area contributed by atoms with Gasteiger partial charge in [-0.1, -0.05) is 69.8 Å². The Morgan fingerprint density at radius 1 is 1.00 bits per heavy atom. The van der Waals surface area contributed by atoms with Crippen LogP contribution in [0.25, 0.3) is 0 Å². The highest BCUT2D eigenvalue weighted by Crippen LogP contribution is 2.38. The van der Waals surface area contributed by atoms with Gasteiger partial charge in [-0.15, -0.1) is 0 Å². The number of aliphatic hydroxyl groups excluding tert-OH is 1. The SMILES string of the molecule is CCCCCCCCC/C=C/CC/C=C/C(O)C(COP(=O)([O-])OCC[N+](C)(C)C)NC(C)=O. The lowest BCUT2D eigenvalue weighted by atomic mass is 10.1. The van der Waals surface area contributed by atoms with Gasteiger partial charge in [0.1, 0.15) is 13.2 Å². The number of hydrogen-bond acceptors (Lipinski definition) is 6. The summed E-state index contributed by atoms with van der Waals surface area (Å²) < 4.78 is 22.3. The summed E-state index contributed by atoms with van der Waals surface area (Å²) in [5, 5.41) is 12.9. The Bertz CT molecular complexity index is 633. The van der Waals surface area contributed by atoms with Crippen LogP contribution in [0.2, 0.25) is 0 Å². The molecule has 0 aliphatic heterocycles. The quantitative estimate of drug-likeness (QED) is 0.105. The summed E-state index contributed by atoms with van der Waals surface area (Å²) in [4.78, 5) is 23.4. The summed E-state index contributed by atoms with van der Waals surface area (Å²) in [6.45, 7) is 3.60. The van der Waals surface area contributed by atoms with Crippen LogP contribution in [-0.2, 0) is 18.4 Å². The number of likely N-dealkylation sites (N-methyl/N-ethyl adjacent to an activating group) is 1. The van der Waals surface area contributed by atoms with Gasteiger partial charge in [0, 0.05) is 6.92 Å². The number of amides is 1. The van der Waals surface area contributed by atoms with E-state index >= 15 is 0 Å². The van der Waals surface area contributed by atoms with E-state index in [9.17, 15) is 19.4 Å². The Balaban J connectivity index is 4.27. The van der Waals surface area contributed by atoms with Gasteiger partial charge in [-0.3, -0.25) is 9.36 Å². The van der Waals surface area contributed by atoms with Gasteiger partial charge in [0.25, 0.3) is 7.82 Å². The van der Waals surface area contributed by atoms with Gasteiger partial charge in [-0.25, -0.2) is 0 Å². The average Bonchev–Trinajstić information content (AvgIpc) is 2.73. The van der Waals surface area contributed by atoms with Crippen LogP contribution in [0.5, 0.6) is 0 Å². The molecule has 2 N–H and O–H groups in total. The Kier molecular flexibility index (Phi) is 18.6. The maximum Gasteiger partial charge on any atom is 0.268 e. The molecule has 0 aromatic rings. The van der Waals surface area contributed by atoms with E-state index in [0.717, 1.165) is 19.3 Å². The van der Waals surface area contributed by atoms with Crippen molar-refractivity contribution in [1.82, 2.24) is 5.32 Å². The molecule has 34 heavy (non-hydrogen) atoms. The number of hydrogen-bond donors (Lipinski definition) is 2. The number of unbranched alkanes of at least 4 members (excludes halogenated alkanes) is 8. The Hall–Kier alpha value is -1.02. The Labute approximate surface area is 207 Å². The van der Waals surface area contributed by atoms with Crippen LogP contribution in [0.15, 0.2) is 24.3 Å². The second-order valence-electron chi connectivity index (χ2n) is 9.77. The van der Waals surface area contributed by atoms with Gasteiger partial charge < -0.3 is 28.8 Å². The number of phosphoric ester groups is 1. The number of allylic oxidation sites excluding steroid dienone is 3. The molecule has 0 rings (SSSR count). The highest BCUT2D eigenvalue weighted by atomic mass is 31.2. The molecule has 0 aromatic carbocycles. The first kappa shape index (κ1) is 33.0. The van der Waals surface area contributed by atoms with Crippen LogP contribution in [0, 0.1) is 0 Å². The van der Waals surface area contributed by atoms with Gasteiger partial charge in [0.2, 0.25) is 5.91 Å². The summed E-state index contributed by atoms with van der Waals surface area (Å²) in [6, 6.07) is -0.897. The van der Waals surface area contributed by atoms with Crippen molar-refractivity contribution in [1.29, 1.82) is 0 Å². The molecule has 0 heterocycles.